The summed E-state index contributed by atoms with van der Waals surface area (Å²) in [6, 6.07) is -0.305. The van der Waals surface area contributed by atoms with Crippen LogP contribution in [0.2, 0.25) is 0 Å². The topological polar surface area (TPSA) is 329 Å². The molecule has 11 atom stereocenters. The third-order valence-electron chi connectivity index (χ3n) is 6.34. The van der Waals surface area contributed by atoms with Crippen molar-refractivity contribution in [2.24, 2.45) is 5.73 Å². The molecule has 0 spiro atoms. The lowest BCUT2D eigenvalue weighted by atomic mass is 9.89. The molecular formula is C20H32N5O15P. The van der Waals surface area contributed by atoms with E-state index in [-0.39, 0.29) is 12.1 Å². The minimum Gasteiger partial charge on any atom is -0.394 e. The average molecular weight is 613 g/mol. The quantitative estimate of drug-likeness (QED) is 0.0774. The van der Waals surface area contributed by atoms with Gasteiger partial charge in [0.1, 0.15) is 42.4 Å². The number of hydrogen-bond acceptors (Lipinski definition) is 17. The fourth-order valence-corrected chi connectivity index (χ4v) is 5.22. The van der Waals surface area contributed by atoms with Crippen LogP contribution in [0.1, 0.15) is 12.6 Å². The first-order chi connectivity index (χ1) is 19.2. The van der Waals surface area contributed by atoms with Gasteiger partial charge >= 0.3 is 13.5 Å². The smallest absolute Gasteiger partial charge is 0.394 e. The number of aldehydes is 1. The first kappa shape index (κ1) is 33.1. The predicted octanol–water partition coefficient (Wildman–Crippen LogP) is -6.22. The molecule has 1 amide bonds. The van der Waals surface area contributed by atoms with Crippen LogP contribution >= 0.6 is 7.82 Å². The van der Waals surface area contributed by atoms with Gasteiger partial charge in [-0.15, -0.1) is 0 Å². The van der Waals surface area contributed by atoms with Crippen molar-refractivity contribution in [3.63, 3.8) is 0 Å². The van der Waals surface area contributed by atoms with Gasteiger partial charge in [-0.1, -0.05) is 0 Å². The predicted molar refractivity (Wildman–Crippen MR) is 130 cm³/mol. The van der Waals surface area contributed by atoms with Crippen molar-refractivity contribution in [3.05, 3.63) is 22.7 Å². The van der Waals surface area contributed by atoms with E-state index < -0.39 is 106 Å². The van der Waals surface area contributed by atoms with Gasteiger partial charge < -0.3 is 61.8 Å². The van der Waals surface area contributed by atoms with Crippen molar-refractivity contribution < 1.29 is 68.2 Å². The Morgan fingerprint density at radius 1 is 1.34 bits per heavy atom. The highest BCUT2D eigenvalue weighted by atomic mass is 31.2. The van der Waals surface area contributed by atoms with Gasteiger partial charge in [-0.05, 0) is 6.07 Å². The van der Waals surface area contributed by atoms with E-state index >= 15 is 0 Å². The highest BCUT2D eigenvalue weighted by molar-refractivity contribution is 7.47. The number of nitrogens with two attached hydrogens (primary N) is 2. The summed E-state index contributed by atoms with van der Waals surface area (Å²) in [6.45, 7) is -2.51. The van der Waals surface area contributed by atoms with Crippen molar-refractivity contribution in [3.8, 4) is 0 Å². The summed E-state index contributed by atoms with van der Waals surface area (Å²) in [6.07, 6.45) is -14.0. The van der Waals surface area contributed by atoms with Gasteiger partial charge in [0.15, 0.2) is 12.5 Å². The zero-order chi connectivity index (χ0) is 30.7. The van der Waals surface area contributed by atoms with Gasteiger partial charge in [0.25, 0.3) is 0 Å². The number of nitrogen functional groups attached to an aromatic ring is 1. The Hall–Kier alpha value is -2.43. The van der Waals surface area contributed by atoms with E-state index in [2.05, 4.69) is 10.3 Å². The monoisotopic (exact) mass is 613 g/mol. The zero-order valence-electron chi connectivity index (χ0n) is 21.1. The van der Waals surface area contributed by atoms with Crippen molar-refractivity contribution in [1.29, 1.82) is 0 Å². The number of phosphoric ester groups is 1. The number of ether oxygens (including phenoxy) is 2. The first-order valence-corrected chi connectivity index (χ1v) is 13.5. The third kappa shape index (κ3) is 7.51. The summed E-state index contributed by atoms with van der Waals surface area (Å²) in [7, 11) is -5.35. The van der Waals surface area contributed by atoms with Crippen molar-refractivity contribution in [2.45, 2.75) is 67.2 Å². The molecule has 41 heavy (non-hydrogen) atoms. The Morgan fingerprint density at radius 2 is 2.02 bits per heavy atom. The van der Waals surface area contributed by atoms with Gasteiger partial charge in [-0.2, -0.15) is 4.98 Å². The average Bonchev–Trinajstić information content (AvgIpc) is 3.20. The molecule has 0 radical (unpaired) electrons. The summed E-state index contributed by atoms with van der Waals surface area (Å²) in [5, 5.41) is 63.0. The number of hydrogen-bond donors (Lipinski definition) is 10. The van der Waals surface area contributed by atoms with Gasteiger partial charge in [0.05, 0.1) is 31.9 Å². The van der Waals surface area contributed by atoms with Crippen LogP contribution in [-0.2, 0) is 32.7 Å². The minimum absolute atomic E-state index is 0.120. The maximum Gasteiger partial charge on any atom is 0.475 e. The van der Waals surface area contributed by atoms with Crippen LogP contribution in [0.5, 0.6) is 0 Å². The highest BCUT2D eigenvalue weighted by Crippen LogP contribution is 2.50. The number of aromatic nitrogens is 2. The lowest BCUT2D eigenvalue weighted by molar-refractivity contribution is -0.274. The maximum atomic E-state index is 12.8. The number of amides is 1. The standard InChI is InChI=1S/C20H32N5O15P/c21-4-12(30)24-13-8(28)3-20(7-27,39-17(13)14(31)9(29)5-26)40-41(35,36)37-6-10-15(32)16(33)18(38-10)25-2-1-11(22)23-19(25)34/h1-2,7-10,13-18,26,28-29,31-33H,3-6,21H2,(H,24,30)(H,35,36)(H2,22,23,34)/t8-,9-,10?,13-,14-,15-,16-,17?,18?,20-/m1/s1. The van der Waals surface area contributed by atoms with Crippen molar-refractivity contribution in [2.75, 3.05) is 25.5 Å². The summed E-state index contributed by atoms with van der Waals surface area (Å²) >= 11 is 0. The summed E-state index contributed by atoms with van der Waals surface area (Å²) in [5.41, 5.74) is 9.73. The number of carbonyl (C=O) groups excluding carboxylic acids is 2. The Balaban J connectivity index is 1.75. The number of aliphatic hydroxyl groups is 6. The molecule has 0 saturated carbocycles. The van der Waals surface area contributed by atoms with Crippen LogP contribution in [0.15, 0.2) is 17.1 Å². The molecule has 21 heteroatoms. The molecule has 12 N–H and O–H groups in total. The van der Waals surface area contributed by atoms with Crippen LogP contribution in [0, 0.1) is 0 Å². The number of rotatable bonds is 12. The molecule has 0 aromatic carbocycles. The molecule has 2 saturated heterocycles. The van der Waals surface area contributed by atoms with Crippen molar-refractivity contribution in [1.82, 2.24) is 14.9 Å². The summed E-state index contributed by atoms with van der Waals surface area (Å²) in [4.78, 5) is 49.7. The number of anilines is 1. The first-order valence-electron chi connectivity index (χ1n) is 12.0. The lowest BCUT2D eigenvalue weighted by Gasteiger charge is -2.46. The van der Waals surface area contributed by atoms with E-state index in [4.69, 9.17) is 30.0 Å². The zero-order valence-corrected chi connectivity index (χ0v) is 22.0. The van der Waals surface area contributed by atoms with Crippen LogP contribution in [0.4, 0.5) is 5.82 Å². The number of aliphatic hydroxyl groups excluding tert-OH is 6. The van der Waals surface area contributed by atoms with E-state index in [1.54, 1.807) is 0 Å². The second-order valence-electron chi connectivity index (χ2n) is 9.27. The maximum absolute atomic E-state index is 12.8. The molecule has 0 aliphatic carbocycles. The van der Waals surface area contributed by atoms with E-state index in [1.165, 1.54) is 6.07 Å². The Labute approximate surface area is 230 Å². The molecule has 232 valence electrons. The van der Waals surface area contributed by atoms with E-state index in [0.717, 1.165) is 10.8 Å². The summed E-state index contributed by atoms with van der Waals surface area (Å²) in [5.74, 6) is -3.75. The van der Waals surface area contributed by atoms with Crippen LogP contribution in [0.3, 0.4) is 0 Å². The van der Waals surface area contributed by atoms with Crippen molar-refractivity contribution >= 4 is 25.8 Å². The van der Waals surface area contributed by atoms with Gasteiger partial charge in [0, 0.05) is 12.6 Å². The van der Waals surface area contributed by atoms with Gasteiger partial charge in [-0.25, -0.2) is 13.9 Å². The fourth-order valence-electron chi connectivity index (χ4n) is 4.28. The van der Waals surface area contributed by atoms with E-state index in [1.807, 2.05) is 0 Å². The molecule has 2 aliphatic rings. The van der Waals surface area contributed by atoms with Crippen LogP contribution in [0.25, 0.3) is 0 Å². The number of phosphoric acid groups is 1. The molecule has 2 fully saturated rings. The Morgan fingerprint density at radius 3 is 2.61 bits per heavy atom. The fraction of sp³-hybridized carbons (Fsp3) is 0.700. The molecule has 3 rings (SSSR count). The Bertz CT molecular complexity index is 1190. The molecule has 1 aromatic rings. The summed E-state index contributed by atoms with van der Waals surface area (Å²) < 4.78 is 34.1. The largest absolute Gasteiger partial charge is 0.475 e. The Kier molecular flexibility index (Phi) is 10.7. The van der Waals surface area contributed by atoms with E-state index in [0.29, 0.717) is 0 Å². The molecular weight excluding hydrogens is 581 g/mol. The van der Waals surface area contributed by atoms with Gasteiger partial charge in [-0.3, -0.25) is 18.7 Å². The van der Waals surface area contributed by atoms with E-state index in [9.17, 15) is 54.5 Å². The van der Waals surface area contributed by atoms with Gasteiger partial charge in [0.2, 0.25) is 11.7 Å². The number of carbonyl (C=O) groups is 2. The second kappa shape index (κ2) is 13.3. The molecule has 20 nitrogen and oxygen atoms in total. The SMILES string of the molecule is NCC(=O)N[C@H]1C([C@H](O)[C@H](O)CO)O[C@@](C=O)(OP(=O)(O)OCC2OC(n3ccc(N)nc3=O)[C@H](O)[C@@H]2O)C[C@H]1O. The number of nitrogens with zero attached hydrogens (tertiary/aromatic N) is 2. The molecule has 1 aromatic heterocycles. The molecule has 0 bridgehead atoms. The molecule has 2 aliphatic heterocycles. The molecule has 4 unspecified atom stereocenters. The minimum atomic E-state index is -5.35. The lowest BCUT2D eigenvalue weighted by Crippen LogP contribution is -2.67. The number of nitrogens with one attached hydrogen (secondary N) is 1. The van der Waals surface area contributed by atoms with Crippen LogP contribution < -0.4 is 22.5 Å². The molecule has 3 heterocycles. The second-order valence-corrected chi connectivity index (χ2v) is 10.6. The highest BCUT2D eigenvalue weighted by Gasteiger charge is 2.55. The van der Waals surface area contributed by atoms with Crippen LogP contribution in [-0.4, -0.2) is 132 Å². The normalized spacial score (nSPS) is 34.9. The third-order valence-corrected chi connectivity index (χ3v) is 7.36.